The van der Waals surface area contributed by atoms with E-state index in [9.17, 15) is 4.79 Å². The molecule has 0 bridgehead atoms. The standard InChI is InChI=1S/C30H33N9O3/c1-19-13-21(5-6-24(19)41-22-9-12-39-25(15-22)33-18-35-39)36-28-27-23(32-17-34-28)16-31-29(37-27)38-10-7-20(8-11-38)14-26(40)42-30(2,3)4/h5-6,9,12-13,15-18,20H,7-8,10-11,14H2,1-4H3,(H,32,34,36). The van der Waals surface area contributed by atoms with E-state index < -0.39 is 5.60 Å². The van der Waals surface area contributed by atoms with Crippen LogP contribution in [0.4, 0.5) is 17.5 Å². The number of pyridine rings is 1. The normalized spacial score (nSPS) is 14.3. The number of benzene rings is 1. The van der Waals surface area contributed by atoms with Gasteiger partial charge in [-0.05, 0) is 76.3 Å². The second-order valence-electron chi connectivity index (χ2n) is 11.5. The molecule has 1 aromatic carbocycles. The zero-order chi connectivity index (χ0) is 29.3. The van der Waals surface area contributed by atoms with E-state index in [2.05, 4.69) is 35.3 Å². The SMILES string of the molecule is Cc1cc(Nc2ncnc3cnc(N4CCC(CC(=O)OC(C)(C)C)CC4)nc23)ccc1Oc1ccn2ncnc2c1. The summed E-state index contributed by atoms with van der Waals surface area (Å²) in [6, 6.07) is 9.53. The Morgan fingerprint density at radius 3 is 2.67 bits per heavy atom. The minimum atomic E-state index is -0.465. The number of fused-ring (bicyclic) bond motifs is 2. The van der Waals surface area contributed by atoms with E-state index in [0.717, 1.165) is 42.9 Å². The van der Waals surface area contributed by atoms with Gasteiger partial charge in [-0.2, -0.15) is 5.10 Å². The van der Waals surface area contributed by atoms with E-state index in [-0.39, 0.29) is 11.9 Å². The molecule has 1 fully saturated rings. The Hall–Kier alpha value is -4.87. The predicted molar refractivity (Wildman–Crippen MR) is 158 cm³/mol. The van der Waals surface area contributed by atoms with E-state index in [4.69, 9.17) is 14.5 Å². The second-order valence-corrected chi connectivity index (χ2v) is 11.5. The van der Waals surface area contributed by atoms with Crippen molar-refractivity contribution in [3.63, 3.8) is 0 Å². The molecule has 42 heavy (non-hydrogen) atoms. The maximum Gasteiger partial charge on any atom is 0.306 e. The zero-order valence-corrected chi connectivity index (χ0v) is 24.1. The van der Waals surface area contributed by atoms with Crippen LogP contribution in [0.5, 0.6) is 11.5 Å². The molecule has 5 heterocycles. The minimum absolute atomic E-state index is 0.140. The minimum Gasteiger partial charge on any atom is -0.460 e. The summed E-state index contributed by atoms with van der Waals surface area (Å²) in [4.78, 5) is 36.9. The van der Waals surface area contributed by atoms with Gasteiger partial charge in [-0.15, -0.1) is 0 Å². The van der Waals surface area contributed by atoms with Crippen molar-refractivity contribution in [2.45, 2.75) is 52.6 Å². The first kappa shape index (κ1) is 27.3. The Morgan fingerprint density at radius 1 is 1.05 bits per heavy atom. The maximum absolute atomic E-state index is 12.3. The number of hydrogen-bond acceptors (Lipinski definition) is 11. The number of aromatic nitrogens is 7. The quantitative estimate of drug-likeness (QED) is 0.258. The van der Waals surface area contributed by atoms with Crippen LogP contribution in [0.2, 0.25) is 0 Å². The van der Waals surface area contributed by atoms with Crippen molar-refractivity contribution in [3.8, 4) is 11.5 Å². The lowest BCUT2D eigenvalue weighted by Gasteiger charge is -2.32. The Balaban J connectivity index is 1.14. The van der Waals surface area contributed by atoms with Gasteiger partial charge in [-0.3, -0.25) is 4.79 Å². The molecule has 0 amide bonds. The largest absolute Gasteiger partial charge is 0.460 e. The van der Waals surface area contributed by atoms with E-state index >= 15 is 0 Å². The lowest BCUT2D eigenvalue weighted by molar-refractivity contribution is -0.156. The molecule has 6 rings (SSSR count). The van der Waals surface area contributed by atoms with Gasteiger partial charge in [0.25, 0.3) is 0 Å². The first-order valence-corrected chi connectivity index (χ1v) is 14.0. The lowest BCUT2D eigenvalue weighted by atomic mass is 9.93. The summed E-state index contributed by atoms with van der Waals surface area (Å²) in [5.74, 6) is 2.78. The maximum atomic E-state index is 12.3. The molecule has 0 saturated carbocycles. The number of carbonyl (C=O) groups is 1. The van der Waals surface area contributed by atoms with Crippen LogP contribution in [0.3, 0.4) is 0 Å². The molecule has 1 N–H and O–H groups in total. The zero-order valence-electron chi connectivity index (χ0n) is 24.1. The molecule has 0 unspecified atom stereocenters. The van der Waals surface area contributed by atoms with Gasteiger partial charge in [0, 0.05) is 37.5 Å². The Morgan fingerprint density at radius 2 is 1.88 bits per heavy atom. The number of hydrogen-bond donors (Lipinski definition) is 1. The highest BCUT2D eigenvalue weighted by atomic mass is 16.6. The third-order valence-corrected chi connectivity index (χ3v) is 7.06. The van der Waals surface area contributed by atoms with Crippen molar-refractivity contribution in [3.05, 3.63) is 60.9 Å². The first-order chi connectivity index (χ1) is 20.2. The molecule has 12 nitrogen and oxygen atoms in total. The van der Waals surface area contributed by atoms with E-state index in [1.54, 1.807) is 10.7 Å². The van der Waals surface area contributed by atoms with E-state index in [1.807, 2.05) is 64.2 Å². The van der Waals surface area contributed by atoms with Crippen LogP contribution in [-0.4, -0.2) is 59.2 Å². The molecule has 5 aromatic rings. The monoisotopic (exact) mass is 567 g/mol. The Kier molecular flexibility index (Phi) is 7.27. The van der Waals surface area contributed by atoms with Crippen LogP contribution >= 0.6 is 0 Å². The Labute approximate surface area is 243 Å². The number of rotatable bonds is 7. The summed E-state index contributed by atoms with van der Waals surface area (Å²) in [6.07, 6.45) is 8.73. The highest BCUT2D eigenvalue weighted by Gasteiger charge is 2.26. The highest BCUT2D eigenvalue weighted by molar-refractivity contribution is 5.87. The summed E-state index contributed by atoms with van der Waals surface area (Å²) in [5.41, 5.74) is 3.33. The smallest absolute Gasteiger partial charge is 0.306 e. The second kappa shape index (κ2) is 11.2. The van der Waals surface area contributed by atoms with Gasteiger partial charge >= 0.3 is 5.97 Å². The molecule has 4 aromatic heterocycles. The van der Waals surface area contributed by atoms with Crippen LogP contribution < -0.4 is 15.0 Å². The van der Waals surface area contributed by atoms with Gasteiger partial charge in [0.05, 0.1) is 6.20 Å². The molecular formula is C30H33N9O3. The summed E-state index contributed by atoms with van der Waals surface area (Å²) in [7, 11) is 0. The average Bonchev–Trinajstić information content (AvgIpc) is 3.42. The van der Waals surface area contributed by atoms with Crippen molar-refractivity contribution in [1.82, 2.24) is 34.5 Å². The van der Waals surface area contributed by atoms with Gasteiger partial charge in [0.2, 0.25) is 5.95 Å². The first-order valence-electron chi connectivity index (χ1n) is 14.0. The predicted octanol–water partition coefficient (Wildman–Crippen LogP) is 5.26. The summed E-state index contributed by atoms with van der Waals surface area (Å²) >= 11 is 0. The molecule has 12 heteroatoms. The van der Waals surface area contributed by atoms with Crippen molar-refractivity contribution < 1.29 is 14.3 Å². The van der Waals surface area contributed by atoms with E-state index in [0.29, 0.717) is 40.6 Å². The molecule has 1 saturated heterocycles. The number of piperidine rings is 1. The van der Waals surface area contributed by atoms with Crippen LogP contribution in [0.25, 0.3) is 16.7 Å². The molecule has 0 atom stereocenters. The number of carbonyl (C=O) groups excluding carboxylic acids is 1. The van der Waals surface area contributed by atoms with Crippen LogP contribution in [0.15, 0.2) is 55.4 Å². The fourth-order valence-electron chi connectivity index (χ4n) is 5.01. The van der Waals surface area contributed by atoms with Crippen molar-refractivity contribution in [2.24, 2.45) is 5.92 Å². The van der Waals surface area contributed by atoms with Gasteiger partial charge in [-0.1, -0.05) is 0 Å². The van der Waals surface area contributed by atoms with Gasteiger partial charge in [0.1, 0.15) is 40.8 Å². The lowest BCUT2D eigenvalue weighted by Crippen LogP contribution is -2.36. The highest BCUT2D eigenvalue weighted by Crippen LogP contribution is 2.31. The van der Waals surface area contributed by atoms with Crippen LogP contribution in [0, 0.1) is 12.8 Å². The molecule has 1 aliphatic rings. The van der Waals surface area contributed by atoms with Crippen molar-refractivity contribution in [1.29, 1.82) is 0 Å². The number of ether oxygens (including phenoxy) is 2. The van der Waals surface area contributed by atoms with Crippen molar-refractivity contribution >= 4 is 40.1 Å². The van der Waals surface area contributed by atoms with Gasteiger partial charge < -0.3 is 19.7 Å². The van der Waals surface area contributed by atoms with Crippen molar-refractivity contribution in [2.75, 3.05) is 23.3 Å². The number of anilines is 3. The number of nitrogens with one attached hydrogen (secondary N) is 1. The average molecular weight is 568 g/mol. The third kappa shape index (κ3) is 6.22. The molecule has 1 aliphatic heterocycles. The molecule has 216 valence electrons. The topological polar surface area (TPSA) is 133 Å². The molecule has 0 radical (unpaired) electrons. The van der Waals surface area contributed by atoms with Crippen LogP contribution in [0.1, 0.15) is 45.6 Å². The summed E-state index contributed by atoms with van der Waals surface area (Å²) < 4.78 is 13.3. The molecular weight excluding hydrogens is 534 g/mol. The fraction of sp³-hybridized carbons (Fsp3) is 0.367. The number of nitrogens with zero attached hydrogens (tertiary/aromatic N) is 8. The number of esters is 1. The molecule has 0 spiro atoms. The van der Waals surface area contributed by atoms with Crippen LogP contribution in [-0.2, 0) is 9.53 Å². The third-order valence-electron chi connectivity index (χ3n) is 7.06. The van der Waals surface area contributed by atoms with Gasteiger partial charge in [-0.25, -0.2) is 29.4 Å². The van der Waals surface area contributed by atoms with E-state index in [1.165, 1.54) is 12.7 Å². The van der Waals surface area contributed by atoms with Gasteiger partial charge in [0.15, 0.2) is 11.5 Å². The summed E-state index contributed by atoms with van der Waals surface area (Å²) in [5, 5.41) is 7.50. The summed E-state index contributed by atoms with van der Waals surface area (Å²) in [6.45, 7) is 9.20. The molecule has 0 aliphatic carbocycles. The number of aryl methyl sites for hydroxylation is 1. The Bertz CT molecular complexity index is 1740. The fourth-order valence-corrected chi connectivity index (χ4v) is 5.01.